The van der Waals surface area contributed by atoms with Crippen LogP contribution in [-0.2, 0) is 11.2 Å². The number of carbonyl (C=O) groups excluding carboxylic acids is 1. The first-order valence-electron chi connectivity index (χ1n) is 10.6. The maximum absolute atomic E-state index is 12.7. The van der Waals surface area contributed by atoms with Crippen LogP contribution in [0, 0.1) is 0 Å². The number of carbonyl (C=O) groups is 1. The Morgan fingerprint density at radius 2 is 1.81 bits per heavy atom. The second-order valence-corrected chi connectivity index (χ2v) is 7.67. The molecule has 1 atom stereocenters. The van der Waals surface area contributed by atoms with Crippen LogP contribution in [0.1, 0.15) is 33.9 Å². The van der Waals surface area contributed by atoms with Crippen LogP contribution in [0.25, 0.3) is 0 Å². The summed E-state index contributed by atoms with van der Waals surface area (Å²) in [6, 6.07) is 15.5. The molecule has 3 aromatic rings. The number of nitrogens with zero attached hydrogens (tertiary/aromatic N) is 3. The van der Waals surface area contributed by atoms with Crippen molar-refractivity contribution in [3.05, 3.63) is 77.6 Å². The number of hydrogen-bond acceptors (Lipinski definition) is 6. The third-order valence-corrected chi connectivity index (χ3v) is 5.73. The van der Waals surface area contributed by atoms with Crippen molar-refractivity contribution in [3.8, 4) is 11.6 Å². The monoisotopic (exact) mass is 416 g/mol. The summed E-state index contributed by atoms with van der Waals surface area (Å²) in [7, 11) is 0. The molecule has 0 spiro atoms. The summed E-state index contributed by atoms with van der Waals surface area (Å²) in [5, 5.41) is 3.15. The van der Waals surface area contributed by atoms with Gasteiger partial charge in [-0.1, -0.05) is 24.3 Å². The number of hydrogen-bond donors (Lipinski definition) is 1. The summed E-state index contributed by atoms with van der Waals surface area (Å²) >= 11 is 0. The van der Waals surface area contributed by atoms with Crippen LogP contribution < -0.4 is 15.0 Å². The highest BCUT2D eigenvalue weighted by molar-refractivity contribution is 5.94. The largest absolute Gasteiger partial charge is 0.436 e. The minimum Gasteiger partial charge on any atom is -0.436 e. The topological polar surface area (TPSA) is 76.6 Å². The van der Waals surface area contributed by atoms with Gasteiger partial charge in [0.25, 0.3) is 11.8 Å². The molecule has 7 heteroatoms. The van der Waals surface area contributed by atoms with Gasteiger partial charge in [0.1, 0.15) is 5.75 Å². The molecule has 1 saturated heterocycles. The highest BCUT2D eigenvalue weighted by atomic mass is 16.5. The molecule has 1 fully saturated rings. The van der Waals surface area contributed by atoms with Gasteiger partial charge in [0.15, 0.2) is 5.82 Å². The highest BCUT2D eigenvalue weighted by Crippen LogP contribution is 2.31. The molecule has 1 N–H and O–H groups in total. The van der Waals surface area contributed by atoms with Crippen LogP contribution in [0.3, 0.4) is 0 Å². The fourth-order valence-electron chi connectivity index (χ4n) is 4.12. The molecule has 0 saturated carbocycles. The van der Waals surface area contributed by atoms with E-state index < -0.39 is 0 Å². The number of anilines is 1. The lowest BCUT2D eigenvalue weighted by Gasteiger charge is -2.28. The number of aryl methyl sites for hydroxylation is 1. The Balaban J connectivity index is 1.26. The SMILES string of the molecule is O=C(NC1CCc2ccccc21)c1ccc(Oc2nccnc2N2CCOCC2)cc1. The molecular weight excluding hydrogens is 392 g/mol. The van der Waals surface area contributed by atoms with Crippen LogP contribution in [0.4, 0.5) is 5.82 Å². The van der Waals surface area contributed by atoms with E-state index in [2.05, 4.69) is 32.3 Å². The van der Waals surface area contributed by atoms with Gasteiger partial charge in [-0.05, 0) is 48.2 Å². The molecule has 0 radical (unpaired) electrons. The van der Waals surface area contributed by atoms with E-state index in [0.29, 0.717) is 36.2 Å². The third kappa shape index (κ3) is 4.22. The number of benzene rings is 2. The fourth-order valence-corrected chi connectivity index (χ4v) is 4.12. The summed E-state index contributed by atoms with van der Waals surface area (Å²) in [6.07, 6.45) is 5.20. The molecule has 31 heavy (non-hydrogen) atoms. The van der Waals surface area contributed by atoms with Crippen molar-refractivity contribution >= 4 is 11.7 Å². The number of fused-ring (bicyclic) bond motifs is 1. The average Bonchev–Trinajstić information content (AvgIpc) is 3.23. The molecule has 5 rings (SSSR count). The Morgan fingerprint density at radius 1 is 1.03 bits per heavy atom. The maximum atomic E-state index is 12.7. The number of nitrogens with one attached hydrogen (secondary N) is 1. The Bertz CT molecular complexity index is 1060. The van der Waals surface area contributed by atoms with Crippen molar-refractivity contribution in [1.82, 2.24) is 15.3 Å². The van der Waals surface area contributed by atoms with Crippen LogP contribution in [0.5, 0.6) is 11.6 Å². The van der Waals surface area contributed by atoms with Gasteiger partial charge in [0, 0.05) is 31.0 Å². The van der Waals surface area contributed by atoms with Crippen molar-refractivity contribution in [2.75, 3.05) is 31.2 Å². The molecular formula is C24H24N4O3. The third-order valence-electron chi connectivity index (χ3n) is 5.73. The number of rotatable bonds is 5. The van der Waals surface area contributed by atoms with Crippen molar-refractivity contribution in [1.29, 1.82) is 0 Å². The molecule has 1 aliphatic heterocycles. The van der Waals surface area contributed by atoms with E-state index in [9.17, 15) is 4.79 Å². The molecule has 2 heterocycles. The van der Waals surface area contributed by atoms with E-state index in [1.54, 1.807) is 36.7 Å². The molecule has 1 unspecified atom stereocenters. The van der Waals surface area contributed by atoms with Gasteiger partial charge in [-0.25, -0.2) is 9.97 Å². The summed E-state index contributed by atoms with van der Waals surface area (Å²) in [6.45, 7) is 2.81. The van der Waals surface area contributed by atoms with Gasteiger partial charge in [-0.2, -0.15) is 0 Å². The number of aromatic nitrogens is 2. The standard InChI is InChI=1S/C24H24N4O3/c29-23(27-21-10-7-17-3-1-2-4-20(17)21)18-5-8-19(9-6-18)31-24-22(25-11-12-26-24)28-13-15-30-16-14-28/h1-6,8-9,11-12,21H,7,10,13-16H2,(H,27,29). The van der Waals surface area contributed by atoms with Gasteiger partial charge < -0.3 is 19.7 Å². The molecule has 7 nitrogen and oxygen atoms in total. The second kappa shape index (κ2) is 8.73. The van der Waals surface area contributed by atoms with Crippen LogP contribution >= 0.6 is 0 Å². The fraction of sp³-hybridized carbons (Fsp3) is 0.292. The van der Waals surface area contributed by atoms with Crippen LogP contribution in [0.15, 0.2) is 60.9 Å². The molecule has 1 aliphatic carbocycles. The number of morpholine rings is 1. The van der Waals surface area contributed by atoms with E-state index in [1.165, 1.54) is 11.1 Å². The Labute approximate surface area is 181 Å². The summed E-state index contributed by atoms with van der Waals surface area (Å²) in [5.41, 5.74) is 3.13. The zero-order valence-electron chi connectivity index (χ0n) is 17.2. The van der Waals surface area contributed by atoms with Gasteiger partial charge in [0.2, 0.25) is 0 Å². The molecule has 158 valence electrons. The van der Waals surface area contributed by atoms with E-state index >= 15 is 0 Å². The lowest BCUT2D eigenvalue weighted by Crippen LogP contribution is -2.37. The zero-order chi connectivity index (χ0) is 21.0. The Hall–Kier alpha value is -3.45. The van der Waals surface area contributed by atoms with E-state index in [4.69, 9.17) is 9.47 Å². The van der Waals surface area contributed by atoms with Crippen LogP contribution in [-0.4, -0.2) is 42.2 Å². The zero-order valence-corrected chi connectivity index (χ0v) is 17.2. The predicted octanol–water partition coefficient (Wildman–Crippen LogP) is 3.52. The highest BCUT2D eigenvalue weighted by Gasteiger charge is 2.24. The van der Waals surface area contributed by atoms with Gasteiger partial charge in [-0.3, -0.25) is 4.79 Å². The minimum atomic E-state index is -0.0817. The Kier molecular flexibility index (Phi) is 5.50. The Morgan fingerprint density at radius 3 is 2.65 bits per heavy atom. The molecule has 1 amide bonds. The first-order chi connectivity index (χ1) is 15.3. The van der Waals surface area contributed by atoms with Gasteiger partial charge in [0.05, 0.1) is 19.3 Å². The molecule has 2 aromatic carbocycles. The van der Waals surface area contributed by atoms with Crippen LogP contribution in [0.2, 0.25) is 0 Å². The lowest BCUT2D eigenvalue weighted by atomic mass is 10.1. The predicted molar refractivity (Wildman–Crippen MR) is 117 cm³/mol. The first-order valence-corrected chi connectivity index (χ1v) is 10.6. The molecule has 1 aromatic heterocycles. The van der Waals surface area contributed by atoms with Crippen molar-refractivity contribution < 1.29 is 14.3 Å². The normalized spacial score (nSPS) is 17.8. The van der Waals surface area contributed by atoms with Gasteiger partial charge >= 0.3 is 0 Å². The van der Waals surface area contributed by atoms with E-state index in [0.717, 1.165) is 25.9 Å². The quantitative estimate of drug-likeness (QED) is 0.686. The van der Waals surface area contributed by atoms with E-state index in [1.807, 2.05) is 12.1 Å². The maximum Gasteiger partial charge on any atom is 0.263 e. The van der Waals surface area contributed by atoms with Crippen molar-refractivity contribution in [3.63, 3.8) is 0 Å². The smallest absolute Gasteiger partial charge is 0.263 e. The summed E-state index contributed by atoms with van der Waals surface area (Å²) < 4.78 is 11.4. The summed E-state index contributed by atoms with van der Waals surface area (Å²) in [5.74, 6) is 1.68. The number of ether oxygens (including phenoxy) is 2. The minimum absolute atomic E-state index is 0.0651. The lowest BCUT2D eigenvalue weighted by molar-refractivity contribution is 0.0936. The number of amides is 1. The summed E-state index contributed by atoms with van der Waals surface area (Å²) in [4.78, 5) is 23.6. The second-order valence-electron chi connectivity index (χ2n) is 7.67. The average molecular weight is 416 g/mol. The molecule has 2 aliphatic rings. The van der Waals surface area contributed by atoms with Crippen molar-refractivity contribution in [2.45, 2.75) is 18.9 Å². The first kappa shape index (κ1) is 19.5. The van der Waals surface area contributed by atoms with E-state index in [-0.39, 0.29) is 11.9 Å². The van der Waals surface area contributed by atoms with Gasteiger partial charge in [-0.15, -0.1) is 0 Å². The van der Waals surface area contributed by atoms with Crippen molar-refractivity contribution in [2.24, 2.45) is 0 Å². The molecule has 0 bridgehead atoms.